The monoisotopic (exact) mass is 277 g/mol. The van der Waals surface area contributed by atoms with Crippen LogP contribution in [0.25, 0.3) is 0 Å². The zero-order valence-corrected chi connectivity index (χ0v) is 14.2. The van der Waals surface area contributed by atoms with Crippen LogP contribution >= 0.6 is 0 Å². The molecule has 2 nitrogen and oxygen atoms in total. The Labute approximate surface area is 124 Å². The van der Waals surface area contributed by atoms with Gasteiger partial charge in [0, 0.05) is 12.8 Å². The number of hydrogen-bond acceptors (Lipinski definition) is 2. The van der Waals surface area contributed by atoms with Gasteiger partial charge in [0.2, 0.25) is 0 Å². The van der Waals surface area contributed by atoms with Gasteiger partial charge < -0.3 is 10.5 Å². The third-order valence-corrected chi connectivity index (χ3v) is 4.33. The van der Waals surface area contributed by atoms with Gasteiger partial charge in [0.25, 0.3) is 0 Å². The van der Waals surface area contributed by atoms with Gasteiger partial charge in [-0.3, -0.25) is 0 Å². The van der Waals surface area contributed by atoms with Gasteiger partial charge in [-0.25, -0.2) is 0 Å². The molecule has 2 N–H and O–H groups in total. The topological polar surface area (TPSA) is 44.1 Å². The Kier molecular flexibility index (Phi) is 7.74. The van der Waals surface area contributed by atoms with Crippen molar-refractivity contribution in [1.82, 2.24) is 0 Å². The SMILES string of the molecule is CC.CC(=N)c1cccc2c1CCC(C)C2(C)C.CO. The van der Waals surface area contributed by atoms with Gasteiger partial charge in [-0.15, -0.1) is 0 Å². The summed E-state index contributed by atoms with van der Waals surface area (Å²) in [7, 11) is 1.00. The summed E-state index contributed by atoms with van der Waals surface area (Å²) in [6, 6.07) is 6.44. The third-order valence-electron chi connectivity index (χ3n) is 4.33. The molecule has 2 heteroatoms. The summed E-state index contributed by atoms with van der Waals surface area (Å²) < 4.78 is 0. The maximum atomic E-state index is 7.86. The molecule has 0 heterocycles. The number of aliphatic hydroxyl groups excluding tert-OH is 1. The van der Waals surface area contributed by atoms with E-state index in [9.17, 15) is 0 Å². The van der Waals surface area contributed by atoms with Crippen LogP contribution in [0.2, 0.25) is 0 Å². The normalized spacial score (nSPS) is 18.7. The summed E-state index contributed by atoms with van der Waals surface area (Å²) in [6.45, 7) is 12.9. The van der Waals surface area contributed by atoms with Crippen LogP contribution in [0.4, 0.5) is 0 Å². The number of rotatable bonds is 1. The fourth-order valence-corrected chi connectivity index (χ4v) is 2.80. The highest BCUT2D eigenvalue weighted by molar-refractivity contribution is 5.98. The molecule has 0 aromatic heterocycles. The lowest BCUT2D eigenvalue weighted by molar-refractivity contribution is 0.302. The second-order valence-electron chi connectivity index (χ2n) is 5.62. The van der Waals surface area contributed by atoms with Crippen LogP contribution in [0.3, 0.4) is 0 Å². The number of benzene rings is 1. The van der Waals surface area contributed by atoms with Crippen LogP contribution < -0.4 is 0 Å². The lowest BCUT2D eigenvalue weighted by Gasteiger charge is -2.39. The van der Waals surface area contributed by atoms with Gasteiger partial charge >= 0.3 is 0 Å². The van der Waals surface area contributed by atoms with Crippen molar-refractivity contribution in [3.8, 4) is 0 Å². The molecule has 0 amide bonds. The molecule has 1 aromatic carbocycles. The summed E-state index contributed by atoms with van der Waals surface area (Å²) in [6.07, 6.45) is 2.37. The molecule has 0 spiro atoms. The van der Waals surface area contributed by atoms with Crippen molar-refractivity contribution >= 4 is 5.71 Å². The van der Waals surface area contributed by atoms with Crippen molar-refractivity contribution < 1.29 is 5.11 Å². The second kappa shape index (κ2) is 8.21. The molecule has 20 heavy (non-hydrogen) atoms. The predicted octanol–water partition coefficient (Wildman–Crippen LogP) is 4.57. The molecule has 1 aromatic rings. The van der Waals surface area contributed by atoms with E-state index in [0.717, 1.165) is 25.0 Å². The fraction of sp³-hybridized carbons (Fsp3) is 0.611. The summed E-state index contributed by atoms with van der Waals surface area (Å²) in [5.74, 6) is 0.723. The van der Waals surface area contributed by atoms with Gasteiger partial charge in [-0.1, -0.05) is 52.8 Å². The van der Waals surface area contributed by atoms with Gasteiger partial charge in [0.1, 0.15) is 0 Å². The standard InChI is InChI=1S/C15H21N.C2H6.CH4O/c1-10-8-9-13-12(11(2)16)6-5-7-14(13)15(10,3)4;2*1-2/h5-7,10,16H,8-9H2,1-4H3;1-2H3;2H,1H3. The molecule has 0 bridgehead atoms. The summed E-state index contributed by atoms with van der Waals surface area (Å²) >= 11 is 0. The first-order valence-electron chi connectivity index (χ1n) is 7.57. The first-order valence-corrected chi connectivity index (χ1v) is 7.57. The minimum Gasteiger partial charge on any atom is -0.400 e. The first kappa shape index (κ1) is 18.9. The largest absolute Gasteiger partial charge is 0.400 e. The van der Waals surface area contributed by atoms with E-state index in [0.29, 0.717) is 5.71 Å². The number of aliphatic hydroxyl groups is 1. The fourth-order valence-electron chi connectivity index (χ4n) is 2.80. The van der Waals surface area contributed by atoms with Crippen LogP contribution in [0.1, 0.15) is 64.7 Å². The van der Waals surface area contributed by atoms with Gasteiger partial charge in [0.05, 0.1) is 0 Å². The zero-order valence-electron chi connectivity index (χ0n) is 14.2. The van der Waals surface area contributed by atoms with E-state index in [4.69, 9.17) is 10.5 Å². The van der Waals surface area contributed by atoms with Crippen LogP contribution in [-0.4, -0.2) is 17.9 Å². The average molecular weight is 277 g/mol. The van der Waals surface area contributed by atoms with E-state index in [1.54, 1.807) is 0 Å². The van der Waals surface area contributed by atoms with Gasteiger partial charge in [-0.2, -0.15) is 0 Å². The molecule has 1 unspecified atom stereocenters. The van der Waals surface area contributed by atoms with E-state index in [2.05, 4.69) is 39.0 Å². The molecule has 0 aliphatic heterocycles. The van der Waals surface area contributed by atoms with E-state index in [1.165, 1.54) is 17.5 Å². The van der Waals surface area contributed by atoms with Crippen molar-refractivity contribution in [2.24, 2.45) is 5.92 Å². The Hall–Kier alpha value is -1.15. The molecule has 114 valence electrons. The molecule has 0 radical (unpaired) electrons. The number of fused-ring (bicyclic) bond motifs is 1. The van der Waals surface area contributed by atoms with Crippen LogP contribution in [0.5, 0.6) is 0 Å². The molecule has 1 atom stereocenters. The molecule has 1 aliphatic carbocycles. The minimum absolute atomic E-state index is 0.249. The van der Waals surface area contributed by atoms with Crippen LogP contribution in [0, 0.1) is 11.3 Å². The van der Waals surface area contributed by atoms with E-state index in [1.807, 2.05) is 20.8 Å². The van der Waals surface area contributed by atoms with Crippen LogP contribution in [-0.2, 0) is 11.8 Å². The first-order chi connectivity index (χ1) is 9.44. The predicted molar refractivity (Wildman–Crippen MR) is 88.9 cm³/mol. The smallest absolute Gasteiger partial charge is 0.0358 e. The molecule has 2 rings (SSSR count). The Balaban J connectivity index is 0.000000829. The third kappa shape index (κ3) is 3.69. The van der Waals surface area contributed by atoms with Gasteiger partial charge in [0.15, 0.2) is 0 Å². The summed E-state index contributed by atoms with van der Waals surface area (Å²) in [5, 5.41) is 14.9. The van der Waals surface area contributed by atoms with Crippen molar-refractivity contribution in [3.63, 3.8) is 0 Å². The van der Waals surface area contributed by atoms with E-state index >= 15 is 0 Å². The number of hydrogen-bond donors (Lipinski definition) is 2. The second-order valence-corrected chi connectivity index (χ2v) is 5.62. The Morgan fingerprint density at radius 3 is 2.30 bits per heavy atom. The maximum Gasteiger partial charge on any atom is 0.0358 e. The van der Waals surface area contributed by atoms with E-state index < -0.39 is 0 Å². The van der Waals surface area contributed by atoms with Crippen molar-refractivity contribution in [2.45, 2.75) is 59.8 Å². The van der Waals surface area contributed by atoms with Crippen molar-refractivity contribution in [1.29, 1.82) is 5.41 Å². The maximum absolute atomic E-state index is 7.86. The molecule has 1 aliphatic rings. The Morgan fingerprint density at radius 1 is 1.25 bits per heavy atom. The van der Waals surface area contributed by atoms with E-state index in [-0.39, 0.29) is 5.41 Å². The lowest BCUT2D eigenvalue weighted by Crippen LogP contribution is -2.33. The average Bonchev–Trinajstić information content (AvgIpc) is 2.47. The molecule has 0 saturated heterocycles. The quantitative estimate of drug-likeness (QED) is 0.726. The molecular formula is C18H31NO. The lowest BCUT2D eigenvalue weighted by atomic mass is 9.65. The number of nitrogens with one attached hydrogen (secondary N) is 1. The van der Waals surface area contributed by atoms with Gasteiger partial charge in [-0.05, 0) is 47.8 Å². The minimum atomic E-state index is 0.249. The van der Waals surface area contributed by atoms with Crippen LogP contribution in [0.15, 0.2) is 18.2 Å². The highest BCUT2D eigenvalue weighted by Crippen LogP contribution is 2.41. The summed E-state index contributed by atoms with van der Waals surface area (Å²) in [4.78, 5) is 0. The molecule has 0 fully saturated rings. The zero-order chi connectivity index (χ0) is 15.9. The molecular weight excluding hydrogens is 246 g/mol. The summed E-state index contributed by atoms with van der Waals surface area (Å²) in [5.41, 5.74) is 4.96. The molecule has 0 saturated carbocycles. The Morgan fingerprint density at radius 2 is 1.80 bits per heavy atom. The van der Waals surface area contributed by atoms with Crippen molar-refractivity contribution in [3.05, 3.63) is 34.9 Å². The van der Waals surface area contributed by atoms with Crippen molar-refractivity contribution in [2.75, 3.05) is 7.11 Å². The highest BCUT2D eigenvalue weighted by atomic mass is 16.2. The Bertz CT molecular complexity index is 435. The highest BCUT2D eigenvalue weighted by Gasteiger charge is 2.34.